The Bertz CT molecular complexity index is 670. The molecule has 1 aromatic carbocycles. The van der Waals surface area contributed by atoms with Gasteiger partial charge in [0.05, 0.1) is 11.8 Å². The average Bonchev–Trinajstić information content (AvgIpc) is 3.01. The molecule has 0 N–H and O–H groups in total. The molecule has 0 radical (unpaired) electrons. The Labute approximate surface area is 129 Å². The van der Waals surface area contributed by atoms with Crippen molar-refractivity contribution in [2.75, 3.05) is 13.1 Å². The molecule has 0 aliphatic carbocycles. The molecule has 22 heavy (non-hydrogen) atoms. The van der Waals surface area contributed by atoms with Crippen LogP contribution < -0.4 is 0 Å². The van der Waals surface area contributed by atoms with Crippen molar-refractivity contribution in [3.05, 3.63) is 53.9 Å². The van der Waals surface area contributed by atoms with Gasteiger partial charge in [0.15, 0.2) is 5.78 Å². The van der Waals surface area contributed by atoms with E-state index in [1.165, 1.54) is 0 Å². The first-order chi connectivity index (χ1) is 10.6. The van der Waals surface area contributed by atoms with Crippen LogP contribution in [0.2, 0.25) is 0 Å². The molecule has 1 aliphatic rings. The smallest absolute Gasteiger partial charge is 0.257 e. The van der Waals surface area contributed by atoms with Gasteiger partial charge in [0, 0.05) is 37.8 Å². The number of carbonyl (C=O) groups is 2. The minimum atomic E-state index is -0.00119. The Morgan fingerprint density at radius 1 is 1.09 bits per heavy atom. The van der Waals surface area contributed by atoms with E-state index < -0.39 is 0 Å². The lowest BCUT2D eigenvalue weighted by atomic mass is 9.89. The Morgan fingerprint density at radius 2 is 1.77 bits per heavy atom. The largest absolute Gasteiger partial charge is 0.339 e. The molecule has 0 spiro atoms. The Balaban J connectivity index is 1.61. The summed E-state index contributed by atoms with van der Waals surface area (Å²) in [4.78, 5) is 26.6. The first-order valence-electron chi connectivity index (χ1n) is 7.52. The molecule has 1 aromatic heterocycles. The molecule has 1 saturated heterocycles. The molecule has 0 bridgehead atoms. The van der Waals surface area contributed by atoms with Gasteiger partial charge in [-0.1, -0.05) is 30.3 Å². The first-order valence-corrected chi connectivity index (χ1v) is 7.52. The molecule has 1 amide bonds. The van der Waals surface area contributed by atoms with Gasteiger partial charge in [0.25, 0.3) is 5.91 Å². The number of rotatable bonds is 3. The quantitative estimate of drug-likeness (QED) is 0.816. The summed E-state index contributed by atoms with van der Waals surface area (Å²) >= 11 is 0. The van der Waals surface area contributed by atoms with Crippen molar-refractivity contribution in [3.8, 4) is 0 Å². The topological polar surface area (TPSA) is 55.2 Å². The van der Waals surface area contributed by atoms with Crippen LogP contribution in [0.3, 0.4) is 0 Å². The first kappa shape index (κ1) is 14.5. The normalized spacial score (nSPS) is 15.8. The third-order valence-electron chi connectivity index (χ3n) is 4.16. The highest BCUT2D eigenvalue weighted by Gasteiger charge is 2.28. The number of Topliss-reactive ketones (excluding diaryl/α,β-unsaturated/α-hetero) is 1. The van der Waals surface area contributed by atoms with Crippen LogP contribution in [0.25, 0.3) is 0 Å². The summed E-state index contributed by atoms with van der Waals surface area (Å²) in [7, 11) is 1.79. The van der Waals surface area contributed by atoms with Crippen molar-refractivity contribution in [3.63, 3.8) is 0 Å². The Kier molecular flexibility index (Phi) is 4.04. The Morgan fingerprint density at radius 3 is 2.36 bits per heavy atom. The molecule has 0 unspecified atom stereocenters. The van der Waals surface area contributed by atoms with Crippen molar-refractivity contribution in [1.82, 2.24) is 14.7 Å². The SMILES string of the molecule is Cn1cc(C(=O)N2CCC(C(=O)c3ccccc3)CC2)cn1. The maximum absolute atomic E-state index is 12.4. The van der Waals surface area contributed by atoms with Crippen LogP contribution in [0.15, 0.2) is 42.7 Å². The van der Waals surface area contributed by atoms with E-state index in [0.717, 1.165) is 18.4 Å². The van der Waals surface area contributed by atoms with E-state index in [1.807, 2.05) is 35.2 Å². The van der Waals surface area contributed by atoms with Crippen LogP contribution in [0, 0.1) is 5.92 Å². The molecule has 5 heteroatoms. The van der Waals surface area contributed by atoms with Crippen LogP contribution in [0.1, 0.15) is 33.6 Å². The molecule has 3 rings (SSSR count). The number of piperidine rings is 1. The maximum atomic E-state index is 12.4. The monoisotopic (exact) mass is 297 g/mol. The second-order valence-corrected chi connectivity index (χ2v) is 5.70. The van der Waals surface area contributed by atoms with E-state index in [4.69, 9.17) is 0 Å². The van der Waals surface area contributed by atoms with Gasteiger partial charge in [-0.15, -0.1) is 0 Å². The van der Waals surface area contributed by atoms with Crippen molar-refractivity contribution in [2.45, 2.75) is 12.8 Å². The van der Waals surface area contributed by atoms with Crippen LogP contribution in [0.5, 0.6) is 0 Å². The van der Waals surface area contributed by atoms with Gasteiger partial charge >= 0.3 is 0 Å². The summed E-state index contributed by atoms with van der Waals surface area (Å²) in [5.41, 5.74) is 1.37. The second kappa shape index (κ2) is 6.13. The zero-order valence-electron chi connectivity index (χ0n) is 12.6. The van der Waals surface area contributed by atoms with E-state index in [-0.39, 0.29) is 17.6 Å². The van der Waals surface area contributed by atoms with E-state index in [0.29, 0.717) is 18.7 Å². The van der Waals surface area contributed by atoms with Crippen molar-refractivity contribution >= 4 is 11.7 Å². The summed E-state index contributed by atoms with van der Waals surface area (Å²) in [5.74, 6) is 0.202. The van der Waals surface area contributed by atoms with Crippen LogP contribution >= 0.6 is 0 Å². The van der Waals surface area contributed by atoms with Gasteiger partial charge < -0.3 is 4.90 Å². The molecule has 1 fully saturated rings. The lowest BCUT2D eigenvalue weighted by Crippen LogP contribution is -2.40. The number of amides is 1. The third kappa shape index (κ3) is 2.93. The van der Waals surface area contributed by atoms with Crippen molar-refractivity contribution in [2.24, 2.45) is 13.0 Å². The predicted octanol–water partition coefficient (Wildman–Crippen LogP) is 2.16. The van der Waals surface area contributed by atoms with Gasteiger partial charge in [-0.25, -0.2) is 0 Å². The molecule has 2 aromatic rings. The summed E-state index contributed by atoms with van der Waals surface area (Å²) in [5, 5.41) is 4.03. The molecule has 114 valence electrons. The lowest BCUT2D eigenvalue weighted by Gasteiger charge is -2.31. The number of nitrogens with zero attached hydrogens (tertiary/aromatic N) is 3. The highest BCUT2D eigenvalue weighted by atomic mass is 16.2. The van der Waals surface area contributed by atoms with E-state index in [2.05, 4.69) is 5.10 Å². The number of hydrogen-bond acceptors (Lipinski definition) is 3. The van der Waals surface area contributed by atoms with E-state index in [9.17, 15) is 9.59 Å². The van der Waals surface area contributed by atoms with Crippen molar-refractivity contribution in [1.29, 1.82) is 0 Å². The fourth-order valence-corrected chi connectivity index (χ4v) is 2.90. The highest BCUT2D eigenvalue weighted by Crippen LogP contribution is 2.22. The minimum Gasteiger partial charge on any atom is -0.339 e. The number of ketones is 1. The summed E-state index contributed by atoms with van der Waals surface area (Å²) < 4.78 is 1.62. The van der Waals surface area contributed by atoms with Gasteiger partial charge in [-0.3, -0.25) is 14.3 Å². The summed E-state index contributed by atoms with van der Waals surface area (Å²) in [6.07, 6.45) is 4.76. The molecule has 0 atom stereocenters. The third-order valence-corrected chi connectivity index (χ3v) is 4.16. The van der Waals surface area contributed by atoms with Crippen LogP contribution in [-0.4, -0.2) is 39.5 Å². The zero-order valence-corrected chi connectivity index (χ0v) is 12.6. The second-order valence-electron chi connectivity index (χ2n) is 5.70. The highest BCUT2D eigenvalue weighted by molar-refractivity contribution is 5.98. The van der Waals surface area contributed by atoms with E-state index >= 15 is 0 Å². The van der Waals surface area contributed by atoms with Crippen LogP contribution in [-0.2, 0) is 7.05 Å². The van der Waals surface area contributed by atoms with Gasteiger partial charge in [-0.05, 0) is 12.8 Å². The number of benzene rings is 1. The molecule has 1 aliphatic heterocycles. The maximum Gasteiger partial charge on any atom is 0.257 e. The minimum absolute atomic E-state index is 0.00119. The number of aromatic nitrogens is 2. The number of likely N-dealkylation sites (tertiary alicyclic amines) is 1. The van der Waals surface area contributed by atoms with E-state index in [1.54, 1.807) is 24.1 Å². The summed E-state index contributed by atoms with van der Waals surface area (Å²) in [6.45, 7) is 1.24. The fraction of sp³-hybridized carbons (Fsp3) is 0.353. The molecule has 2 heterocycles. The summed E-state index contributed by atoms with van der Waals surface area (Å²) in [6, 6.07) is 9.39. The fourth-order valence-electron chi connectivity index (χ4n) is 2.90. The van der Waals surface area contributed by atoms with Gasteiger partial charge in [0.2, 0.25) is 0 Å². The zero-order chi connectivity index (χ0) is 15.5. The van der Waals surface area contributed by atoms with Gasteiger partial charge in [0.1, 0.15) is 0 Å². The van der Waals surface area contributed by atoms with Crippen LogP contribution in [0.4, 0.5) is 0 Å². The average molecular weight is 297 g/mol. The lowest BCUT2D eigenvalue weighted by molar-refractivity contribution is 0.0650. The molecular formula is C17H19N3O2. The number of aryl methyl sites for hydroxylation is 1. The molecule has 5 nitrogen and oxygen atoms in total. The predicted molar refractivity (Wildman–Crippen MR) is 82.6 cm³/mol. The molecule has 0 saturated carbocycles. The molecular weight excluding hydrogens is 278 g/mol. The standard InChI is InChI=1S/C17H19N3O2/c1-19-12-15(11-18-19)17(22)20-9-7-14(8-10-20)16(21)13-5-3-2-4-6-13/h2-6,11-12,14H,7-10H2,1H3. The Hall–Kier alpha value is -2.43. The van der Waals surface area contributed by atoms with Crippen molar-refractivity contribution < 1.29 is 9.59 Å². The van der Waals surface area contributed by atoms with Gasteiger partial charge in [-0.2, -0.15) is 5.10 Å². The number of hydrogen-bond donors (Lipinski definition) is 0. The number of carbonyl (C=O) groups excluding carboxylic acids is 2.